The van der Waals surface area contributed by atoms with Crippen molar-refractivity contribution in [3.8, 4) is 5.75 Å². The summed E-state index contributed by atoms with van der Waals surface area (Å²) >= 11 is 0. The Labute approximate surface area is 144 Å². The molecule has 24 heavy (non-hydrogen) atoms. The average Bonchev–Trinajstić information content (AvgIpc) is 2.87. The highest BCUT2D eigenvalue weighted by Crippen LogP contribution is 2.24. The van der Waals surface area contributed by atoms with Crippen molar-refractivity contribution in [1.82, 2.24) is 0 Å². The minimum Gasteiger partial charge on any atom is -0.494 e. The first kappa shape index (κ1) is 18.5. The highest BCUT2D eigenvalue weighted by Gasteiger charge is 2.29. The van der Waals surface area contributed by atoms with Crippen molar-refractivity contribution in [3.05, 3.63) is 29.3 Å². The summed E-state index contributed by atoms with van der Waals surface area (Å²) in [7, 11) is 0. The molecule has 0 spiro atoms. The molecule has 0 unspecified atom stereocenters. The van der Waals surface area contributed by atoms with E-state index in [1.54, 1.807) is 18.2 Å². The molecular weight excluding hydrogens is 304 g/mol. The van der Waals surface area contributed by atoms with Crippen molar-refractivity contribution in [2.45, 2.75) is 71.1 Å². The van der Waals surface area contributed by atoms with Crippen molar-refractivity contribution in [1.29, 1.82) is 0 Å². The molecule has 0 amide bonds. The van der Waals surface area contributed by atoms with Gasteiger partial charge in [0, 0.05) is 0 Å². The van der Waals surface area contributed by atoms with Gasteiger partial charge in [-0.05, 0) is 24.6 Å². The molecule has 1 aliphatic heterocycles. The molecule has 0 fully saturated rings. The van der Waals surface area contributed by atoms with Crippen LogP contribution in [0.15, 0.2) is 18.2 Å². The standard InChI is InChI=1S/C20H28O4/c1-2-3-4-5-6-7-8-9-10-11-14-23-16-12-13-17-18(15-16)20(22)24-19(17)21/h12-13,15H,2-11,14H2,1H3. The van der Waals surface area contributed by atoms with Gasteiger partial charge >= 0.3 is 11.9 Å². The monoisotopic (exact) mass is 332 g/mol. The molecule has 0 aliphatic carbocycles. The molecule has 0 saturated carbocycles. The Balaban J connectivity index is 1.53. The van der Waals surface area contributed by atoms with Crippen molar-refractivity contribution in [2.75, 3.05) is 6.61 Å². The third kappa shape index (κ3) is 5.66. The number of carbonyl (C=O) groups is 2. The molecule has 4 heteroatoms. The van der Waals surface area contributed by atoms with Gasteiger partial charge in [0.25, 0.3) is 0 Å². The van der Waals surface area contributed by atoms with Crippen LogP contribution in [0.5, 0.6) is 5.75 Å². The molecule has 0 atom stereocenters. The molecule has 4 nitrogen and oxygen atoms in total. The second-order valence-electron chi connectivity index (χ2n) is 6.41. The molecule has 1 aliphatic rings. The molecule has 2 rings (SSSR count). The summed E-state index contributed by atoms with van der Waals surface area (Å²) in [6.07, 6.45) is 12.9. The number of ether oxygens (including phenoxy) is 2. The third-order valence-corrected chi connectivity index (χ3v) is 4.38. The largest absolute Gasteiger partial charge is 0.494 e. The number of hydrogen-bond donors (Lipinski definition) is 0. The minimum atomic E-state index is -0.584. The van der Waals surface area contributed by atoms with E-state index in [2.05, 4.69) is 11.7 Å². The zero-order valence-electron chi connectivity index (χ0n) is 14.6. The van der Waals surface area contributed by atoms with Crippen LogP contribution in [0.3, 0.4) is 0 Å². The molecule has 1 aromatic rings. The maximum Gasteiger partial charge on any atom is 0.347 e. The lowest BCUT2D eigenvalue weighted by atomic mass is 10.1. The van der Waals surface area contributed by atoms with Gasteiger partial charge in [0.1, 0.15) is 5.75 Å². The predicted octanol–water partition coefficient (Wildman–Crippen LogP) is 5.30. The molecule has 0 aromatic heterocycles. The second kappa shape index (κ2) is 10.1. The van der Waals surface area contributed by atoms with Gasteiger partial charge in [0.05, 0.1) is 17.7 Å². The van der Waals surface area contributed by atoms with E-state index in [0.717, 1.165) is 6.42 Å². The van der Waals surface area contributed by atoms with E-state index in [1.807, 2.05) is 0 Å². The maximum absolute atomic E-state index is 11.5. The van der Waals surface area contributed by atoms with Gasteiger partial charge in [0.2, 0.25) is 0 Å². The lowest BCUT2D eigenvalue weighted by Crippen LogP contribution is -1.99. The normalized spacial score (nSPS) is 13.0. The first-order valence-electron chi connectivity index (χ1n) is 9.25. The first-order valence-corrected chi connectivity index (χ1v) is 9.25. The van der Waals surface area contributed by atoms with Gasteiger partial charge < -0.3 is 9.47 Å². The van der Waals surface area contributed by atoms with Crippen LogP contribution in [0.1, 0.15) is 91.8 Å². The maximum atomic E-state index is 11.5. The Hall–Kier alpha value is -1.84. The number of fused-ring (bicyclic) bond motifs is 1. The zero-order valence-corrected chi connectivity index (χ0v) is 14.6. The number of rotatable bonds is 12. The van der Waals surface area contributed by atoms with Crippen LogP contribution in [-0.4, -0.2) is 18.5 Å². The van der Waals surface area contributed by atoms with Gasteiger partial charge in [0.15, 0.2) is 0 Å². The van der Waals surface area contributed by atoms with E-state index >= 15 is 0 Å². The zero-order chi connectivity index (χ0) is 17.2. The topological polar surface area (TPSA) is 52.6 Å². The summed E-state index contributed by atoms with van der Waals surface area (Å²) in [5.41, 5.74) is 0.631. The van der Waals surface area contributed by atoms with Gasteiger partial charge in [-0.2, -0.15) is 0 Å². The molecule has 0 saturated heterocycles. The fourth-order valence-electron chi connectivity index (χ4n) is 2.93. The van der Waals surface area contributed by atoms with Gasteiger partial charge in [-0.25, -0.2) is 9.59 Å². The van der Waals surface area contributed by atoms with Crippen molar-refractivity contribution in [2.24, 2.45) is 0 Å². The summed E-state index contributed by atoms with van der Waals surface area (Å²) in [5, 5.41) is 0. The predicted molar refractivity (Wildman–Crippen MR) is 93.5 cm³/mol. The molecule has 1 aromatic carbocycles. The van der Waals surface area contributed by atoms with Gasteiger partial charge in [-0.15, -0.1) is 0 Å². The van der Waals surface area contributed by atoms with Crippen molar-refractivity contribution >= 4 is 11.9 Å². The van der Waals surface area contributed by atoms with E-state index < -0.39 is 11.9 Å². The number of hydrogen-bond acceptors (Lipinski definition) is 4. The van der Waals surface area contributed by atoms with Crippen LogP contribution in [0.2, 0.25) is 0 Å². The lowest BCUT2D eigenvalue weighted by molar-refractivity contribution is 0.0443. The van der Waals surface area contributed by atoms with Crippen molar-refractivity contribution in [3.63, 3.8) is 0 Å². The van der Waals surface area contributed by atoms with Crippen LogP contribution < -0.4 is 4.74 Å². The fourth-order valence-corrected chi connectivity index (χ4v) is 2.93. The second-order valence-corrected chi connectivity index (χ2v) is 6.41. The SMILES string of the molecule is CCCCCCCCCCCCOc1ccc2c(c1)C(=O)OC2=O. The summed E-state index contributed by atoms with van der Waals surface area (Å²) < 4.78 is 10.2. The number of benzene rings is 1. The number of carbonyl (C=O) groups excluding carboxylic acids is 2. The number of cyclic esters (lactones) is 2. The molecule has 1 heterocycles. The quantitative estimate of drug-likeness (QED) is 0.296. The van der Waals surface area contributed by atoms with E-state index in [4.69, 9.17) is 4.74 Å². The summed E-state index contributed by atoms with van der Waals surface area (Å²) in [4.78, 5) is 22.9. The summed E-state index contributed by atoms with van der Waals surface area (Å²) in [5.74, 6) is -0.535. The van der Waals surface area contributed by atoms with Crippen LogP contribution in [0, 0.1) is 0 Å². The highest BCUT2D eigenvalue weighted by atomic mass is 16.6. The minimum absolute atomic E-state index is 0.306. The summed E-state index contributed by atoms with van der Waals surface area (Å²) in [6, 6.07) is 4.91. The van der Waals surface area contributed by atoms with E-state index in [1.165, 1.54) is 57.8 Å². The number of unbranched alkanes of at least 4 members (excludes halogenated alkanes) is 9. The summed E-state index contributed by atoms with van der Waals surface area (Å²) in [6.45, 7) is 2.88. The van der Waals surface area contributed by atoms with Crippen molar-refractivity contribution < 1.29 is 19.1 Å². The van der Waals surface area contributed by atoms with Crippen LogP contribution in [0.4, 0.5) is 0 Å². The van der Waals surface area contributed by atoms with Crippen LogP contribution >= 0.6 is 0 Å². The molecule has 0 N–H and O–H groups in total. The van der Waals surface area contributed by atoms with E-state index in [9.17, 15) is 9.59 Å². The fraction of sp³-hybridized carbons (Fsp3) is 0.600. The Kier molecular flexibility index (Phi) is 7.80. The molecule has 132 valence electrons. The smallest absolute Gasteiger partial charge is 0.347 e. The van der Waals surface area contributed by atoms with E-state index in [-0.39, 0.29) is 0 Å². The Morgan fingerprint density at radius 3 is 2.04 bits per heavy atom. The molecule has 0 bridgehead atoms. The Morgan fingerprint density at radius 1 is 0.792 bits per heavy atom. The Bertz CT molecular complexity index is 551. The lowest BCUT2D eigenvalue weighted by Gasteiger charge is -2.07. The highest BCUT2D eigenvalue weighted by molar-refractivity contribution is 6.14. The molecular formula is C20H28O4. The van der Waals surface area contributed by atoms with E-state index in [0.29, 0.717) is 23.5 Å². The third-order valence-electron chi connectivity index (χ3n) is 4.38. The molecule has 0 radical (unpaired) electrons. The first-order chi connectivity index (χ1) is 11.7. The van der Waals surface area contributed by atoms with Gasteiger partial charge in [-0.3, -0.25) is 0 Å². The number of esters is 2. The van der Waals surface area contributed by atoms with Crippen LogP contribution in [0.25, 0.3) is 0 Å². The Morgan fingerprint density at radius 2 is 1.38 bits per heavy atom. The van der Waals surface area contributed by atoms with Crippen LogP contribution in [-0.2, 0) is 4.74 Å². The average molecular weight is 332 g/mol. The van der Waals surface area contributed by atoms with Gasteiger partial charge in [-0.1, -0.05) is 64.7 Å².